The number of amides is 1. The predicted molar refractivity (Wildman–Crippen MR) is 53.7 cm³/mol. The van der Waals surface area contributed by atoms with Gasteiger partial charge in [-0.15, -0.1) is 0 Å². The van der Waals surface area contributed by atoms with Crippen LogP contribution in [0.5, 0.6) is 0 Å². The fourth-order valence-electron chi connectivity index (χ4n) is 1.02. The molecule has 0 fully saturated rings. The Balaban J connectivity index is 3.71. The summed E-state index contributed by atoms with van der Waals surface area (Å²) >= 11 is 0. The molecule has 5 heteroatoms. The summed E-state index contributed by atoms with van der Waals surface area (Å²) in [4.78, 5) is 11.3. The third-order valence-electron chi connectivity index (χ3n) is 2.04. The Morgan fingerprint density at radius 3 is 2.71 bits per heavy atom. The van der Waals surface area contributed by atoms with E-state index in [-0.39, 0.29) is 25.0 Å². The Kier molecular flexibility index (Phi) is 7.37. The van der Waals surface area contributed by atoms with E-state index in [0.29, 0.717) is 13.0 Å². The molecule has 0 aromatic carbocycles. The summed E-state index contributed by atoms with van der Waals surface area (Å²) in [6.07, 6.45) is 0.108. The van der Waals surface area contributed by atoms with Gasteiger partial charge in [-0.25, -0.2) is 0 Å². The maximum atomic E-state index is 11.3. The Morgan fingerprint density at radius 2 is 2.29 bits per heavy atom. The first-order chi connectivity index (χ1) is 6.65. The van der Waals surface area contributed by atoms with E-state index in [1.807, 2.05) is 6.92 Å². The summed E-state index contributed by atoms with van der Waals surface area (Å²) in [6, 6.07) is 0. The second kappa shape index (κ2) is 7.73. The summed E-state index contributed by atoms with van der Waals surface area (Å²) in [7, 11) is 1.45. The van der Waals surface area contributed by atoms with Crippen molar-refractivity contribution >= 4 is 5.91 Å². The topological polar surface area (TPSA) is 84.6 Å². The first-order valence-corrected chi connectivity index (χ1v) is 4.77. The Labute approximate surface area is 84.6 Å². The van der Waals surface area contributed by atoms with E-state index < -0.39 is 6.10 Å². The second-order valence-electron chi connectivity index (χ2n) is 3.32. The molecule has 0 spiro atoms. The molecule has 4 N–H and O–H groups in total. The average Bonchev–Trinajstić information content (AvgIpc) is 2.17. The van der Waals surface area contributed by atoms with Crippen molar-refractivity contribution in [2.45, 2.75) is 19.4 Å². The van der Waals surface area contributed by atoms with Gasteiger partial charge < -0.3 is 20.9 Å². The molecule has 0 heterocycles. The van der Waals surface area contributed by atoms with Crippen molar-refractivity contribution in [1.82, 2.24) is 5.32 Å². The van der Waals surface area contributed by atoms with Crippen molar-refractivity contribution in [2.24, 2.45) is 11.7 Å². The lowest BCUT2D eigenvalue weighted by Gasteiger charge is -2.15. The molecule has 0 aromatic heterocycles. The number of hydrogen-bond donors (Lipinski definition) is 3. The van der Waals surface area contributed by atoms with E-state index in [0.717, 1.165) is 0 Å². The molecule has 2 unspecified atom stereocenters. The lowest BCUT2D eigenvalue weighted by atomic mass is 10.1. The van der Waals surface area contributed by atoms with Gasteiger partial charge in [0.15, 0.2) is 0 Å². The Morgan fingerprint density at radius 1 is 1.64 bits per heavy atom. The number of nitrogens with one attached hydrogen (secondary N) is 1. The summed E-state index contributed by atoms with van der Waals surface area (Å²) < 4.78 is 4.87. The molecule has 0 rings (SSSR count). The molecule has 0 saturated heterocycles. The van der Waals surface area contributed by atoms with E-state index in [2.05, 4.69) is 5.32 Å². The second-order valence-corrected chi connectivity index (χ2v) is 3.32. The van der Waals surface area contributed by atoms with Crippen LogP contribution in [-0.4, -0.2) is 43.9 Å². The molecule has 0 saturated carbocycles. The van der Waals surface area contributed by atoms with Crippen molar-refractivity contribution < 1.29 is 14.6 Å². The van der Waals surface area contributed by atoms with Crippen LogP contribution in [0.3, 0.4) is 0 Å². The smallest absolute Gasteiger partial charge is 0.250 e. The van der Waals surface area contributed by atoms with Gasteiger partial charge in [-0.2, -0.15) is 0 Å². The molecule has 1 amide bonds. The zero-order valence-corrected chi connectivity index (χ0v) is 8.82. The number of hydrogen-bond acceptors (Lipinski definition) is 4. The highest BCUT2D eigenvalue weighted by Crippen LogP contribution is 1.98. The fourth-order valence-corrected chi connectivity index (χ4v) is 1.02. The van der Waals surface area contributed by atoms with Gasteiger partial charge >= 0.3 is 0 Å². The van der Waals surface area contributed by atoms with E-state index in [9.17, 15) is 4.79 Å². The van der Waals surface area contributed by atoms with Crippen LogP contribution in [0.15, 0.2) is 0 Å². The number of carbonyl (C=O) groups excluding carboxylic acids is 1. The number of aliphatic hydroxyl groups is 1. The highest BCUT2D eigenvalue weighted by molar-refractivity contribution is 5.80. The minimum atomic E-state index is -0.573. The largest absolute Gasteiger partial charge is 0.396 e. The van der Waals surface area contributed by atoms with Gasteiger partial charge in [0.05, 0.1) is 0 Å². The van der Waals surface area contributed by atoms with Crippen molar-refractivity contribution in [3.8, 4) is 0 Å². The molecule has 0 aliphatic heterocycles. The highest BCUT2D eigenvalue weighted by Gasteiger charge is 2.15. The van der Waals surface area contributed by atoms with E-state index in [1.165, 1.54) is 7.11 Å². The molecular weight excluding hydrogens is 184 g/mol. The van der Waals surface area contributed by atoms with Gasteiger partial charge in [0.1, 0.15) is 6.10 Å². The lowest BCUT2D eigenvalue weighted by molar-refractivity contribution is -0.130. The molecule has 5 nitrogen and oxygen atoms in total. The van der Waals surface area contributed by atoms with Crippen molar-refractivity contribution in [3.05, 3.63) is 0 Å². The Bertz CT molecular complexity index is 160. The minimum absolute atomic E-state index is 0.141. The maximum Gasteiger partial charge on any atom is 0.250 e. The molecule has 0 radical (unpaired) electrons. The van der Waals surface area contributed by atoms with Crippen LogP contribution in [0.25, 0.3) is 0 Å². The quantitative estimate of drug-likeness (QED) is 0.501. The average molecular weight is 204 g/mol. The molecule has 84 valence electrons. The fraction of sp³-hybridized carbons (Fsp3) is 0.889. The van der Waals surface area contributed by atoms with E-state index in [4.69, 9.17) is 15.6 Å². The number of carbonyl (C=O) groups is 1. The third-order valence-corrected chi connectivity index (χ3v) is 2.04. The molecular formula is C9H20N2O3. The SMILES string of the molecule is COC(CN)C(=O)NCC(C)CCO. The molecule has 0 aliphatic carbocycles. The number of nitrogens with two attached hydrogens (primary N) is 1. The monoisotopic (exact) mass is 204 g/mol. The highest BCUT2D eigenvalue weighted by atomic mass is 16.5. The number of methoxy groups -OCH3 is 1. The summed E-state index contributed by atoms with van der Waals surface area (Å²) in [5, 5.41) is 11.4. The van der Waals surface area contributed by atoms with Crippen LogP contribution in [0.4, 0.5) is 0 Å². The van der Waals surface area contributed by atoms with Crippen LogP contribution in [-0.2, 0) is 9.53 Å². The molecule has 0 aromatic rings. The van der Waals surface area contributed by atoms with Gasteiger partial charge in [-0.3, -0.25) is 4.79 Å². The summed E-state index contributed by atoms with van der Waals surface area (Å²) in [6.45, 7) is 2.82. The minimum Gasteiger partial charge on any atom is -0.396 e. The van der Waals surface area contributed by atoms with Crippen LogP contribution in [0.2, 0.25) is 0 Å². The van der Waals surface area contributed by atoms with Crippen LogP contribution < -0.4 is 11.1 Å². The van der Waals surface area contributed by atoms with Crippen LogP contribution in [0, 0.1) is 5.92 Å². The molecule has 2 atom stereocenters. The number of ether oxygens (including phenoxy) is 1. The first kappa shape index (κ1) is 13.4. The van der Waals surface area contributed by atoms with E-state index >= 15 is 0 Å². The zero-order valence-electron chi connectivity index (χ0n) is 8.82. The molecule has 0 bridgehead atoms. The first-order valence-electron chi connectivity index (χ1n) is 4.77. The summed E-state index contributed by atoms with van der Waals surface area (Å²) in [5.41, 5.74) is 5.32. The predicted octanol–water partition coefficient (Wildman–Crippen LogP) is -0.905. The number of rotatable bonds is 7. The van der Waals surface area contributed by atoms with Gasteiger partial charge in [0.25, 0.3) is 0 Å². The van der Waals surface area contributed by atoms with Gasteiger partial charge in [-0.1, -0.05) is 6.92 Å². The van der Waals surface area contributed by atoms with Crippen molar-refractivity contribution in [2.75, 3.05) is 26.8 Å². The van der Waals surface area contributed by atoms with Gasteiger partial charge in [0.2, 0.25) is 5.91 Å². The molecule has 0 aliphatic rings. The van der Waals surface area contributed by atoms with Crippen LogP contribution in [0.1, 0.15) is 13.3 Å². The van der Waals surface area contributed by atoms with Gasteiger partial charge in [-0.05, 0) is 12.3 Å². The standard InChI is InChI=1S/C9H20N2O3/c1-7(3-4-12)6-11-9(13)8(5-10)14-2/h7-8,12H,3-6,10H2,1-2H3,(H,11,13). The van der Waals surface area contributed by atoms with E-state index in [1.54, 1.807) is 0 Å². The third kappa shape index (κ3) is 5.16. The zero-order chi connectivity index (χ0) is 11.0. The van der Waals surface area contributed by atoms with Crippen LogP contribution >= 0.6 is 0 Å². The summed E-state index contributed by atoms with van der Waals surface area (Å²) in [5.74, 6) is 0.0685. The Hall–Kier alpha value is -0.650. The molecule has 14 heavy (non-hydrogen) atoms. The maximum absolute atomic E-state index is 11.3. The normalized spacial score (nSPS) is 14.9. The number of aliphatic hydroxyl groups excluding tert-OH is 1. The van der Waals surface area contributed by atoms with Crippen molar-refractivity contribution in [3.63, 3.8) is 0 Å². The van der Waals surface area contributed by atoms with Gasteiger partial charge in [0, 0.05) is 26.8 Å². The van der Waals surface area contributed by atoms with Crippen molar-refractivity contribution in [1.29, 1.82) is 0 Å². The lowest BCUT2D eigenvalue weighted by Crippen LogP contribution is -2.42.